The lowest BCUT2D eigenvalue weighted by Crippen LogP contribution is -2.23. The predicted molar refractivity (Wildman–Crippen MR) is 89.5 cm³/mol. The van der Waals surface area contributed by atoms with Crippen molar-refractivity contribution in [2.75, 3.05) is 0 Å². The van der Waals surface area contributed by atoms with E-state index in [4.69, 9.17) is 9.05 Å². The van der Waals surface area contributed by atoms with Crippen molar-refractivity contribution in [2.45, 2.75) is 76.0 Å². The molecular formula is C18H27O3P. The Labute approximate surface area is 133 Å². The molecule has 4 heteroatoms. The van der Waals surface area contributed by atoms with Crippen LogP contribution in [-0.4, -0.2) is 11.8 Å². The molecule has 122 valence electrons. The summed E-state index contributed by atoms with van der Waals surface area (Å²) in [5, 5.41) is 0. The van der Waals surface area contributed by atoms with Gasteiger partial charge in [-0.05, 0) is 37.8 Å². The molecule has 0 spiro atoms. The molecule has 22 heavy (non-hydrogen) atoms. The fourth-order valence-electron chi connectivity index (χ4n) is 3.59. The molecule has 1 unspecified atom stereocenters. The molecule has 0 heterocycles. The summed E-state index contributed by atoms with van der Waals surface area (Å²) in [6.45, 7) is 0. The van der Waals surface area contributed by atoms with E-state index in [-0.39, 0.29) is 11.8 Å². The van der Waals surface area contributed by atoms with Gasteiger partial charge in [0.15, 0.2) is 0 Å². The molecule has 2 aliphatic carbocycles. The molecule has 1 aromatic rings. The van der Waals surface area contributed by atoms with Gasteiger partial charge in [-0.25, -0.2) is 4.57 Å². The van der Waals surface area contributed by atoms with Crippen LogP contribution in [0.5, 0.6) is 5.75 Å². The summed E-state index contributed by atoms with van der Waals surface area (Å²) in [6.07, 6.45) is 11.3. The summed E-state index contributed by atoms with van der Waals surface area (Å²) in [7, 11) is -3.09. The van der Waals surface area contributed by atoms with Gasteiger partial charge in [0.25, 0.3) is 0 Å². The van der Waals surface area contributed by atoms with Gasteiger partial charge in [-0.3, -0.25) is 4.52 Å². The largest absolute Gasteiger partial charge is 0.424 e. The fraction of sp³-hybridized carbons (Fsp3) is 0.667. The van der Waals surface area contributed by atoms with Crippen molar-refractivity contribution in [1.82, 2.24) is 0 Å². The van der Waals surface area contributed by atoms with Gasteiger partial charge in [-0.15, -0.1) is 0 Å². The monoisotopic (exact) mass is 322 g/mol. The Hall–Kier alpha value is -0.790. The van der Waals surface area contributed by atoms with Crippen molar-refractivity contribution in [1.29, 1.82) is 0 Å². The smallest absolute Gasteiger partial charge is 0.382 e. The van der Waals surface area contributed by atoms with Crippen molar-refractivity contribution < 1.29 is 13.6 Å². The van der Waals surface area contributed by atoms with Gasteiger partial charge >= 0.3 is 7.60 Å². The van der Waals surface area contributed by atoms with E-state index in [2.05, 4.69) is 0 Å². The molecular weight excluding hydrogens is 295 g/mol. The van der Waals surface area contributed by atoms with E-state index >= 15 is 0 Å². The molecule has 3 rings (SSSR count). The van der Waals surface area contributed by atoms with Crippen LogP contribution in [0.3, 0.4) is 0 Å². The van der Waals surface area contributed by atoms with Crippen LogP contribution >= 0.6 is 7.60 Å². The van der Waals surface area contributed by atoms with Crippen LogP contribution in [0.1, 0.15) is 64.2 Å². The van der Waals surface area contributed by atoms with Crippen molar-refractivity contribution in [2.24, 2.45) is 0 Å². The van der Waals surface area contributed by atoms with Crippen LogP contribution in [0.2, 0.25) is 0 Å². The maximum Gasteiger partial charge on any atom is 0.382 e. The fourth-order valence-corrected chi connectivity index (χ4v) is 5.99. The SMILES string of the molecule is O=P(Oc1ccccc1)(OC1CCCCC1)C1CCCCC1. The van der Waals surface area contributed by atoms with Crippen molar-refractivity contribution >= 4 is 7.60 Å². The minimum atomic E-state index is -3.09. The molecule has 1 atom stereocenters. The molecule has 0 bridgehead atoms. The zero-order chi connectivity index (χ0) is 15.3. The normalized spacial score (nSPS) is 23.8. The van der Waals surface area contributed by atoms with Crippen LogP contribution in [0.4, 0.5) is 0 Å². The minimum Gasteiger partial charge on any atom is -0.424 e. The van der Waals surface area contributed by atoms with E-state index < -0.39 is 7.60 Å². The zero-order valence-corrected chi connectivity index (χ0v) is 14.2. The van der Waals surface area contributed by atoms with Gasteiger partial charge in [0.1, 0.15) is 5.75 Å². The van der Waals surface area contributed by atoms with E-state index in [0.29, 0.717) is 5.75 Å². The molecule has 1 aromatic carbocycles. The first-order valence-corrected chi connectivity index (χ1v) is 10.4. The molecule has 0 aromatic heterocycles. The highest BCUT2D eigenvalue weighted by Crippen LogP contribution is 2.58. The summed E-state index contributed by atoms with van der Waals surface area (Å²) in [5.74, 6) is 0.673. The molecule has 2 fully saturated rings. The van der Waals surface area contributed by atoms with Crippen molar-refractivity contribution in [3.63, 3.8) is 0 Å². The zero-order valence-electron chi connectivity index (χ0n) is 13.3. The first-order chi connectivity index (χ1) is 10.8. The van der Waals surface area contributed by atoms with E-state index in [1.54, 1.807) is 0 Å². The van der Waals surface area contributed by atoms with E-state index in [9.17, 15) is 4.57 Å². The summed E-state index contributed by atoms with van der Waals surface area (Å²) >= 11 is 0. The molecule has 2 saturated carbocycles. The van der Waals surface area contributed by atoms with Gasteiger partial charge in [-0.2, -0.15) is 0 Å². The lowest BCUT2D eigenvalue weighted by molar-refractivity contribution is 0.132. The summed E-state index contributed by atoms with van der Waals surface area (Å²) < 4.78 is 25.7. The Morgan fingerprint density at radius 3 is 2.05 bits per heavy atom. The topological polar surface area (TPSA) is 35.5 Å². The highest BCUT2D eigenvalue weighted by atomic mass is 31.2. The first kappa shape index (κ1) is 16.1. The van der Waals surface area contributed by atoms with Crippen LogP contribution in [0.25, 0.3) is 0 Å². The lowest BCUT2D eigenvalue weighted by atomic mass is 9.98. The van der Waals surface area contributed by atoms with Gasteiger partial charge < -0.3 is 4.52 Å². The Morgan fingerprint density at radius 1 is 0.818 bits per heavy atom. The van der Waals surface area contributed by atoms with Crippen LogP contribution in [-0.2, 0) is 9.09 Å². The Balaban J connectivity index is 1.75. The summed E-state index contributed by atoms with van der Waals surface area (Å²) in [5.41, 5.74) is 0.0726. The van der Waals surface area contributed by atoms with E-state index in [1.807, 2.05) is 30.3 Å². The lowest BCUT2D eigenvalue weighted by Gasteiger charge is -2.33. The average Bonchev–Trinajstić information content (AvgIpc) is 2.57. The first-order valence-electron chi connectivity index (χ1n) is 8.79. The predicted octanol–water partition coefficient (Wildman–Crippen LogP) is 5.94. The second-order valence-electron chi connectivity index (χ2n) is 6.60. The van der Waals surface area contributed by atoms with E-state index in [0.717, 1.165) is 38.5 Å². The number of hydrogen-bond acceptors (Lipinski definition) is 3. The highest BCUT2D eigenvalue weighted by molar-refractivity contribution is 7.55. The van der Waals surface area contributed by atoms with Crippen molar-refractivity contribution in [3.05, 3.63) is 30.3 Å². The molecule has 0 N–H and O–H groups in total. The molecule has 3 nitrogen and oxygen atoms in total. The van der Waals surface area contributed by atoms with E-state index in [1.165, 1.54) is 25.7 Å². The minimum absolute atomic E-state index is 0.0726. The van der Waals surface area contributed by atoms with Crippen molar-refractivity contribution in [3.8, 4) is 5.75 Å². The van der Waals surface area contributed by atoms with Crippen LogP contribution in [0, 0.1) is 0 Å². The Kier molecular flexibility index (Phi) is 5.60. The quantitative estimate of drug-likeness (QED) is 0.629. The standard InChI is InChI=1S/C18H27O3P/c19-22(18-14-8-3-9-15-18,20-16-10-4-1-5-11-16)21-17-12-6-2-7-13-17/h1,4-5,10-11,17-18H,2-3,6-9,12-15H2. The third-order valence-electron chi connectivity index (χ3n) is 4.85. The third-order valence-corrected chi connectivity index (χ3v) is 7.31. The number of rotatable bonds is 5. The third kappa shape index (κ3) is 4.14. The summed E-state index contributed by atoms with van der Waals surface area (Å²) in [6, 6.07) is 9.53. The van der Waals surface area contributed by atoms with Gasteiger partial charge in [0.2, 0.25) is 0 Å². The number of hydrogen-bond donors (Lipinski definition) is 0. The maximum atomic E-state index is 13.6. The molecule has 0 aliphatic heterocycles. The maximum absolute atomic E-state index is 13.6. The molecule has 0 radical (unpaired) electrons. The number of benzene rings is 1. The molecule has 0 amide bonds. The molecule has 2 aliphatic rings. The number of para-hydroxylation sites is 1. The highest BCUT2D eigenvalue weighted by Gasteiger charge is 2.40. The van der Waals surface area contributed by atoms with Crippen LogP contribution < -0.4 is 4.52 Å². The second-order valence-corrected chi connectivity index (χ2v) is 8.80. The van der Waals surface area contributed by atoms with Crippen LogP contribution in [0.15, 0.2) is 30.3 Å². The average molecular weight is 322 g/mol. The van der Waals surface area contributed by atoms with Gasteiger partial charge in [-0.1, -0.05) is 56.7 Å². The molecule has 0 saturated heterocycles. The second kappa shape index (κ2) is 7.66. The summed E-state index contributed by atoms with van der Waals surface area (Å²) in [4.78, 5) is 0. The van der Waals surface area contributed by atoms with Gasteiger partial charge in [0.05, 0.1) is 11.8 Å². The Morgan fingerprint density at radius 2 is 1.41 bits per heavy atom. The van der Waals surface area contributed by atoms with Gasteiger partial charge in [0, 0.05) is 0 Å². The Bertz CT molecular complexity index is 490.